The zero-order chi connectivity index (χ0) is 12.7. The van der Waals surface area contributed by atoms with Gasteiger partial charge in [0.05, 0.1) is 6.42 Å². The molecule has 0 saturated carbocycles. The number of aromatic nitrogens is 4. The Kier molecular flexibility index (Phi) is 5.05. The first-order valence-corrected chi connectivity index (χ1v) is 5.37. The fraction of sp³-hybridized carbons (Fsp3) is 0.667. The summed E-state index contributed by atoms with van der Waals surface area (Å²) in [4.78, 5) is 21.6. The van der Waals surface area contributed by atoms with E-state index in [0.29, 0.717) is 12.4 Å². The molecule has 1 amide bonds. The molecular formula is C9H15N5O3. The van der Waals surface area contributed by atoms with Crippen LogP contribution in [0.4, 0.5) is 0 Å². The van der Waals surface area contributed by atoms with Crippen LogP contribution < -0.4 is 5.32 Å². The third kappa shape index (κ3) is 4.58. The van der Waals surface area contributed by atoms with Crippen molar-refractivity contribution < 1.29 is 14.7 Å². The maximum Gasteiger partial charge on any atom is 0.322 e. The van der Waals surface area contributed by atoms with E-state index in [2.05, 4.69) is 20.8 Å². The molecule has 8 nitrogen and oxygen atoms in total. The Bertz CT molecular complexity index is 390. The monoisotopic (exact) mass is 241 g/mol. The molecule has 0 aliphatic carbocycles. The van der Waals surface area contributed by atoms with Gasteiger partial charge in [0.2, 0.25) is 5.91 Å². The highest BCUT2D eigenvalue weighted by molar-refractivity contribution is 5.82. The summed E-state index contributed by atoms with van der Waals surface area (Å²) in [6, 6.07) is 0. The first-order chi connectivity index (χ1) is 8.13. The largest absolute Gasteiger partial charge is 0.480 e. The minimum absolute atomic E-state index is 0.00993. The standard InChI is InChI=1S/C9H15N5O3/c1-2-3-4-14-7(11-12-13-14)5-8(15)10-6-9(16)17/h2-6H2,1H3,(H,10,15)(H,16,17). The van der Waals surface area contributed by atoms with Crippen molar-refractivity contribution in [2.24, 2.45) is 0 Å². The van der Waals surface area contributed by atoms with Crippen molar-refractivity contribution in [3.63, 3.8) is 0 Å². The third-order valence-corrected chi connectivity index (χ3v) is 2.08. The van der Waals surface area contributed by atoms with Crippen molar-refractivity contribution in [3.05, 3.63) is 5.82 Å². The van der Waals surface area contributed by atoms with Gasteiger partial charge in [-0.3, -0.25) is 9.59 Å². The van der Waals surface area contributed by atoms with Crippen LogP contribution in [0.1, 0.15) is 25.6 Å². The molecule has 1 aromatic heterocycles. The van der Waals surface area contributed by atoms with E-state index in [4.69, 9.17) is 5.11 Å². The summed E-state index contributed by atoms with van der Waals surface area (Å²) in [7, 11) is 0. The Labute approximate surface area is 98.0 Å². The van der Waals surface area contributed by atoms with Crippen molar-refractivity contribution in [1.29, 1.82) is 0 Å². The third-order valence-electron chi connectivity index (χ3n) is 2.08. The van der Waals surface area contributed by atoms with Gasteiger partial charge in [0.15, 0.2) is 5.82 Å². The molecule has 1 aromatic rings. The molecule has 0 saturated heterocycles. The van der Waals surface area contributed by atoms with Gasteiger partial charge in [0.25, 0.3) is 0 Å². The number of nitrogens with zero attached hydrogens (tertiary/aromatic N) is 4. The van der Waals surface area contributed by atoms with E-state index in [0.717, 1.165) is 12.8 Å². The summed E-state index contributed by atoms with van der Waals surface area (Å²) in [5.74, 6) is -1.04. The topological polar surface area (TPSA) is 110 Å². The molecule has 0 unspecified atom stereocenters. The summed E-state index contributed by atoms with van der Waals surface area (Å²) < 4.78 is 1.56. The van der Waals surface area contributed by atoms with Crippen molar-refractivity contribution in [1.82, 2.24) is 25.5 Å². The molecule has 1 heterocycles. The minimum Gasteiger partial charge on any atom is -0.480 e. The van der Waals surface area contributed by atoms with Crippen LogP contribution in [-0.4, -0.2) is 43.7 Å². The Hall–Kier alpha value is -1.99. The molecule has 0 aromatic carbocycles. The van der Waals surface area contributed by atoms with E-state index in [1.807, 2.05) is 6.92 Å². The second-order valence-electron chi connectivity index (χ2n) is 3.52. The number of carboxylic acids is 1. The van der Waals surface area contributed by atoms with Crippen LogP contribution in [0.5, 0.6) is 0 Å². The number of carbonyl (C=O) groups excluding carboxylic acids is 1. The number of aryl methyl sites for hydroxylation is 1. The smallest absolute Gasteiger partial charge is 0.322 e. The van der Waals surface area contributed by atoms with E-state index in [9.17, 15) is 9.59 Å². The second kappa shape index (κ2) is 6.56. The normalized spacial score (nSPS) is 10.2. The summed E-state index contributed by atoms with van der Waals surface area (Å²) >= 11 is 0. The molecule has 1 rings (SSSR count). The van der Waals surface area contributed by atoms with E-state index in [-0.39, 0.29) is 6.42 Å². The molecule has 17 heavy (non-hydrogen) atoms. The van der Waals surface area contributed by atoms with Crippen LogP contribution in [0.25, 0.3) is 0 Å². The van der Waals surface area contributed by atoms with Gasteiger partial charge in [-0.05, 0) is 16.8 Å². The van der Waals surface area contributed by atoms with Crippen molar-refractivity contribution >= 4 is 11.9 Å². The van der Waals surface area contributed by atoms with Gasteiger partial charge in [-0.1, -0.05) is 13.3 Å². The highest BCUT2D eigenvalue weighted by Gasteiger charge is 2.11. The number of unbranched alkanes of at least 4 members (excludes halogenated alkanes) is 1. The minimum atomic E-state index is -1.08. The van der Waals surface area contributed by atoms with Gasteiger partial charge in [-0.25, -0.2) is 4.68 Å². The second-order valence-corrected chi connectivity index (χ2v) is 3.52. The number of carboxylic acid groups (broad SMARTS) is 1. The summed E-state index contributed by atoms with van der Waals surface area (Å²) in [5.41, 5.74) is 0. The van der Waals surface area contributed by atoms with Crippen LogP contribution in [-0.2, 0) is 22.6 Å². The molecule has 8 heteroatoms. The van der Waals surface area contributed by atoms with Gasteiger partial charge < -0.3 is 10.4 Å². The van der Waals surface area contributed by atoms with Gasteiger partial charge in [0, 0.05) is 6.54 Å². The van der Waals surface area contributed by atoms with Crippen LogP contribution in [0.2, 0.25) is 0 Å². The molecule has 0 aliphatic rings. The molecule has 0 radical (unpaired) electrons. The lowest BCUT2D eigenvalue weighted by molar-refractivity contribution is -0.137. The van der Waals surface area contributed by atoms with E-state index >= 15 is 0 Å². The molecule has 0 aliphatic heterocycles. The number of nitrogens with one attached hydrogen (secondary N) is 1. The molecule has 94 valence electrons. The number of hydrogen-bond donors (Lipinski definition) is 2. The van der Waals surface area contributed by atoms with Crippen LogP contribution in [0, 0.1) is 0 Å². The predicted molar refractivity (Wildman–Crippen MR) is 57.1 cm³/mol. The average Bonchev–Trinajstić information content (AvgIpc) is 2.71. The number of tetrazole rings is 1. The lowest BCUT2D eigenvalue weighted by Gasteiger charge is -2.03. The SMILES string of the molecule is CCCCn1nnnc1CC(=O)NCC(=O)O. The number of rotatable bonds is 7. The predicted octanol–water partition coefficient (Wildman–Crippen LogP) is -0.783. The number of carbonyl (C=O) groups is 2. The number of hydrogen-bond acceptors (Lipinski definition) is 5. The van der Waals surface area contributed by atoms with Crippen molar-refractivity contribution in [3.8, 4) is 0 Å². The first kappa shape index (κ1) is 13.1. The zero-order valence-corrected chi connectivity index (χ0v) is 9.59. The maximum absolute atomic E-state index is 11.4. The fourth-order valence-corrected chi connectivity index (χ4v) is 1.21. The van der Waals surface area contributed by atoms with Gasteiger partial charge in [0.1, 0.15) is 6.54 Å². The Morgan fingerprint density at radius 1 is 1.47 bits per heavy atom. The Morgan fingerprint density at radius 2 is 2.24 bits per heavy atom. The molecule has 0 bridgehead atoms. The molecule has 0 atom stereocenters. The Morgan fingerprint density at radius 3 is 2.88 bits per heavy atom. The van der Waals surface area contributed by atoms with Crippen molar-refractivity contribution in [2.75, 3.05) is 6.54 Å². The maximum atomic E-state index is 11.4. The first-order valence-electron chi connectivity index (χ1n) is 5.37. The number of amides is 1. The van der Waals surface area contributed by atoms with Gasteiger partial charge in [-0.2, -0.15) is 0 Å². The average molecular weight is 241 g/mol. The summed E-state index contributed by atoms with van der Waals surface area (Å²) in [5, 5.41) is 21.6. The molecule has 0 spiro atoms. The van der Waals surface area contributed by atoms with E-state index < -0.39 is 18.4 Å². The highest BCUT2D eigenvalue weighted by Crippen LogP contribution is 1.97. The lowest BCUT2D eigenvalue weighted by atomic mass is 10.3. The van der Waals surface area contributed by atoms with Gasteiger partial charge in [-0.15, -0.1) is 5.10 Å². The van der Waals surface area contributed by atoms with Crippen LogP contribution >= 0.6 is 0 Å². The lowest BCUT2D eigenvalue weighted by Crippen LogP contribution is -2.31. The zero-order valence-electron chi connectivity index (χ0n) is 9.59. The number of aliphatic carboxylic acids is 1. The van der Waals surface area contributed by atoms with Crippen molar-refractivity contribution in [2.45, 2.75) is 32.7 Å². The van der Waals surface area contributed by atoms with Gasteiger partial charge >= 0.3 is 5.97 Å². The quantitative estimate of drug-likeness (QED) is 0.647. The van der Waals surface area contributed by atoms with E-state index in [1.165, 1.54) is 0 Å². The summed E-state index contributed by atoms with van der Waals surface area (Å²) in [6.45, 7) is 2.31. The molecule has 2 N–H and O–H groups in total. The summed E-state index contributed by atoms with van der Waals surface area (Å²) in [6.07, 6.45) is 1.92. The molecular weight excluding hydrogens is 226 g/mol. The van der Waals surface area contributed by atoms with Crippen LogP contribution in [0.15, 0.2) is 0 Å². The Balaban J connectivity index is 2.47. The fourth-order valence-electron chi connectivity index (χ4n) is 1.21. The van der Waals surface area contributed by atoms with Crippen LogP contribution in [0.3, 0.4) is 0 Å². The highest BCUT2D eigenvalue weighted by atomic mass is 16.4. The van der Waals surface area contributed by atoms with E-state index in [1.54, 1.807) is 4.68 Å². The molecule has 0 fully saturated rings.